The minimum Gasteiger partial charge on any atom is -0.507 e. The molecule has 2 rings (SSSR count). The standard InChI is InChI=1S/C8H7NO2/c9-5-3-7(10)6-1-2-11-8(6)4-5/h1-4,10H,9H2. The third-order valence-electron chi connectivity index (χ3n) is 1.57. The molecule has 1 aromatic carbocycles. The van der Waals surface area contributed by atoms with Gasteiger partial charge < -0.3 is 15.3 Å². The zero-order valence-electron chi connectivity index (χ0n) is 5.74. The summed E-state index contributed by atoms with van der Waals surface area (Å²) in [4.78, 5) is 0. The van der Waals surface area contributed by atoms with Crippen LogP contribution in [0.25, 0.3) is 11.0 Å². The Morgan fingerprint density at radius 1 is 1.36 bits per heavy atom. The highest BCUT2D eigenvalue weighted by Crippen LogP contribution is 2.27. The number of nitrogen functional groups attached to an aromatic ring is 1. The van der Waals surface area contributed by atoms with Gasteiger partial charge in [0.15, 0.2) is 0 Å². The second kappa shape index (κ2) is 1.92. The minimum absolute atomic E-state index is 0.161. The van der Waals surface area contributed by atoms with Crippen molar-refractivity contribution in [1.82, 2.24) is 0 Å². The summed E-state index contributed by atoms with van der Waals surface area (Å²) in [6, 6.07) is 4.87. The summed E-state index contributed by atoms with van der Waals surface area (Å²) in [6.45, 7) is 0. The van der Waals surface area contributed by atoms with Crippen LogP contribution in [0.2, 0.25) is 0 Å². The number of hydrogen-bond acceptors (Lipinski definition) is 3. The SMILES string of the molecule is Nc1cc(O)c2ccoc2c1. The van der Waals surface area contributed by atoms with Gasteiger partial charge in [0.05, 0.1) is 11.6 Å². The van der Waals surface area contributed by atoms with Crippen LogP contribution in [-0.4, -0.2) is 5.11 Å². The van der Waals surface area contributed by atoms with E-state index in [1.807, 2.05) is 0 Å². The lowest BCUT2D eigenvalue weighted by atomic mass is 10.2. The molecule has 3 nitrogen and oxygen atoms in total. The van der Waals surface area contributed by atoms with Gasteiger partial charge in [-0.15, -0.1) is 0 Å². The molecular formula is C8H7NO2. The first-order chi connectivity index (χ1) is 5.27. The summed E-state index contributed by atoms with van der Waals surface area (Å²) in [6.07, 6.45) is 1.52. The second-order valence-electron chi connectivity index (χ2n) is 2.37. The average Bonchev–Trinajstić information content (AvgIpc) is 2.34. The van der Waals surface area contributed by atoms with Crippen molar-refractivity contribution in [1.29, 1.82) is 0 Å². The Kier molecular flexibility index (Phi) is 1.06. The predicted molar refractivity (Wildman–Crippen MR) is 42.3 cm³/mol. The molecule has 0 saturated heterocycles. The van der Waals surface area contributed by atoms with Gasteiger partial charge in [0.25, 0.3) is 0 Å². The van der Waals surface area contributed by atoms with E-state index in [1.165, 1.54) is 12.3 Å². The number of nitrogens with two attached hydrogens (primary N) is 1. The van der Waals surface area contributed by atoms with Gasteiger partial charge in [-0.1, -0.05) is 0 Å². The number of phenols is 1. The Labute approximate surface area is 63.0 Å². The van der Waals surface area contributed by atoms with E-state index in [0.29, 0.717) is 16.7 Å². The van der Waals surface area contributed by atoms with Crippen LogP contribution in [0.15, 0.2) is 28.9 Å². The molecule has 1 aromatic heterocycles. The smallest absolute Gasteiger partial charge is 0.139 e. The highest BCUT2D eigenvalue weighted by atomic mass is 16.3. The fourth-order valence-corrected chi connectivity index (χ4v) is 1.07. The molecule has 0 fully saturated rings. The Balaban J connectivity index is 2.91. The second-order valence-corrected chi connectivity index (χ2v) is 2.37. The lowest BCUT2D eigenvalue weighted by molar-refractivity contribution is 0.481. The highest BCUT2D eigenvalue weighted by Gasteiger charge is 2.02. The van der Waals surface area contributed by atoms with Crippen molar-refractivity contribution in [3.8, 4) is 5.75 Å². The summed E-state index contributed by atoms with van der Waals surface area (Å²) < 4.78 is 5.04. The van der Waals surface area contributed by atoms with E-state index in [1.54, 1.807) is 12.1 Å². The lowest BCUT2D eigenvalue weighted by Gasteiger charge is -1.95. The van der Waals surface area contributed by atoms with Crippen molar-refractivity contribution < 1.29 is 9.52 Å². The topological polar surface area (TPSA) is 59.4 Å². The summed E-state index contributed by atoms with van der Waals surface area (Å²) in [5.41, 5.74) is 6.58. The van der Waals surface area contributed by atoms with Gasteiger partial charge in [0.1, 0.15) is 11.3 Å². The molecular weight excluding hydrogens is 142 g/mol. The van der Waals surface area contributed by atoms with Crippen molar-refractivity contribution in [2.24, 2.45) is 0 Å². The maximum absolute atomic E-state index is 9.30. The summed E-state index contributed by atoms with van der Waals surface area (Å²) in [5, 5.41) is 9.99. The molecule has 1 heterocycles. The third-order valence-corrected chi connectivity index (χ3v) is 1.57. The Morgan fingerprint density at radius 3 is 3.00 bits per heavy atom. The minimum atomic E-state index is 0.161. The molecule has 0 aliphatic heterocycles. The van der Waals surface area contributed by atoms with E-state index in [9.17, 15) is 5.11 Å². The fraction of sp³-hybridized carbons (Fsp3) is 0. The number of hydrogen-bond donors (Lipinski definition) is 2. The number of phenolic OH excluding ortho intramolecular Hbond substituents is 1. The van der Waals surface area contributed by atoms with E-state index >= 15 is 0 Å². The molecule has 0 spiro atoms. The molecule has 0 aliphatic carbocycles. The van der Waals surface area contributed by atoms with Crippen molar-refractivity contribution in [3.05, 3.63) is 24.5 Å². The largest absolute Gasteiger partial charge is 0.507 e. The Morgan fingerprint density at radius 2 is 2.18 bits per heavy atom. The van der Waals surface area contributed by atoms with Crippen LogP contribution in [0, 0.1) is 0 Å². The first-order valence-electron chi connectivity index (χ1n) is 3.23. The molecule has 0 atom stereocenters. The molecule has 11 heavy (non-hydrogen) atoms. The third kappa shape index (κ3) is 0.816. The van der Waals surface area contributed by atoms with Gasteiger partial charge in [0, 0.05) is 17.8 Å². The van der Waals surface area contributed by atoms with E-state index < -0.39 is 0 Å². The van der Waals surface area contributed by atoms with Crippen LogP contribution in [0.1, 0.15) is 0 Å². The van der Waals surface area contributed by atoms with Gasteiger partial charge in [-0.3, -0.25) is 0 Å². The zero-order chi connectivity index (χ0) is 7.84. The van der Waals surface area contributed by atoms with E-state index in [-0.39, 0.29) is 5.75 Å². The fourth-order valence-electron chi connectivity index (χ4n) is 1.07. The van der Waals surface area contributed by atoms with Gasteiger partial charge in [-0.05, 0) is 6.07 Å². The van der Waals surface area contributed by atoms with Crippen molar-refractivity contribution >= 4 is 16.7 Å². The molecule has 0 amide bonds. The van der Waals surface area contributed by atoms with Gasteiger partial charge in [0.2, 0.25) is 0 Å². The molecule has 0 aliphatic rings. The normalized spacial score (nSPS) is 10.5. The van der Waals surface area contributed by atoms with E-state index in [0.717, 1.165) is 0 Å². The van der Waals surface area contributed by atoms with Crippen molar-refractivity contribution in [2.45, 2.75) is 0 Å². The van der Waals surface area contributed by atoms with Gasteiger partial charge in [-0.25, -0.2) is 0 Å². The van der Waals surface area contributed by atoms with Crippen LogP contribution in [0.5, 0.6) is 5.75 Å². The highest BCUT2D eigenvalue weighted by molar-refractivity contribution is 5.86. The molecule has 56 valence electrons. The molecule has 2 aromatic rings. The van der Waals surface area contributed by atoms with Crippen molar-refractivity contribution in [3.63, 3.8) is 0 Å². The van der Waals surface area contributed by atoms with E-state index in [2.05, 4.69) is 0 Å². The number of rotatable bonds is 0. The molecule has 0 bridgehead atoms. The monoisotopic (exact) mass is 149 g/mol. The van der Waals surface area contributed by atoms with Crippen LogP contribution in [0.3, 0.4) is 0 Å². The average molecular weight is 149 g/mol. The molecule has 3 heteroatoms. The molecule has 0 saturated carbocycles. The van der Waals surface area contributed by atoms with Crippen LogP contribution < -0.4 is 5.73 Å². The summed E-state index contributed by atoms with van der Waals surface area (Å²) in [7, 11) is 0. The summed E-state index contributed by atoms with van der Waals surface area (Å²) in [5.74, 6) is 0.161. The zero-order valence-corrected chi connectivity index (χ0v) is 5.74. The number of furan rings is 1. The first kappa shape index (κ1) is 6.09. The van der Waals surface area contributed by atoms with Crippen LogP contribution >= 0.6 is 0 Å². The predicted octanol–water partition coefficient (Wildman–Crippen LogP) is 1.72. The molecule has 3 N–H and O–H groups in total. The number of fused-ring (bicyclic) bond motifs is 1. The van der Waals surface area contributed by atoms with Crippen LogP contribution in [-0.2, 0) is 0 Å². The quantitative estimate of drug-likeness (QED) is 0.560. The number of anilines is 1. The Hall–Kier alpha value is -1.64. The number of aromatic hydroxyl groups is 1. The maximum atomic E-state index is 9.30. The Bertz CT molecular complexity index is 392. The van der Waals surface area contributed by atoms with Crippen molar-refractivity contribution in [2.75, 3.05) is 5.73 Å². The van der Waals surface area contributed by atoms with Gasteiger partial charge >= 0.3 is 0 Å². The summed E-state index contributed by atoms with van der Waals surface area (Å²) >= 11 is 0. The van der Waals surface area contributed by atoms with Gasteiger partial charge in [-0.2, -0.15) is 0 Å². The molecule has 0 unspecified atom stereocenters. The molecule has 0 radical (unpaired) electrons. The van der Waals surface area contributed by atoms with Crippen LogP contribution in [0.4, 0.5) is 5.69 Å². The maximum Gasteiger partial charge on any atom is 0.139 e. The van der Waals surface area contributed by atoms with E-state index in [4.69, 9.17) is 10.2 Å². The number of benzene rings is 1. The first-order valence-corrected chi connectivity index (χ1v) is 3.23. The lowest BCUT2D eigenvalue weighted by Crippen LogP contribution is -1.82.